The number of benzene rings is 1. The summed E-state index contributed by atoms with van der Waals surface area (Å²) in [5, 5.41) is 2.71. The first-order valence-corrected chi connectivity index (χ1v) is 5.64. The summed E-state index contributed by atoms with van der Waals surface area (Å²) in [6.07, 6.45) is 1.73. The first kappa shape index (κ1) is 12.1. The predicted molar refractivity (Wildman–Crippen MR) is 69.3 cm³/mol. The molecule has 1 aromatic heterocycles. The van der Waals surface area contributed by atoms with Gasteiger partial charge in [-0.25, -0.2) is 0 Å². The Kier molecular flexibility index (Phi) is 3.91. The van der Waals surface area contributed by atoms with Gasteiger partial charge in [0.05, 0.1) is 5.69 Å². The van der Waals surface area contributed by atoms with Crippen LogP contribution in [-0.2, 0) is 11.4 Å². The van der Waals surface area contributed by atoms with Crippen LogP contribution in [0.25, 0.3) is 0 Å². The van der Waals surface area contributed by atoms with Gasteiger partial charge < -0.3 is 10.1 Å². The van der Waals surface area contributed by atoms with Crippen LogP contribution in [-0.4, -0.2) is 10.9 Å². The monoisotopic (exact) mass is 242 g/mol. The molecule has 0 unspecified atom stereocenters. The Labute approximate surface area is 106 Å². The van der Waals surface area contributed by atoms with E-state index in [1.807, 2.05) is 36.4 Å². The molecular formula is C14H14N2O2. The van der Waals surface area contributed by atoms with Crippen molar-refractivity contribution in [2.24, 2.45) is 0 Å². The molecule has 92 valence electrons. The zero-order valence-corrected chi connectivity index (χ0v) is 10.1. The molecule has 0 fully saturated rings. The van der Waals surface area contributed by atoms with Gasteiger partial charge in [0, 0.05) is 24.9 Å². The Morgan fingerprint density at radius 2 is 2.17 bits per heavy atom. The Morgan fingerprint density at radius 3 is 2.89 bits per heavy atom. The lowest BCUT2D eigenvalue weighted by Crippen LogP contribution is -2.05. The maximum atomic E-state index is 10.9. The molecule has 0 aliphatic carbocycles. The quantitative estimate of drug-likeness (QED) is 0.896. The first-order valence-electron chi connectivity index (χ1n) is 5.64. The van der Waals surface area contributed by atoms with Crippen LogP contribution in [0.1, 0.15) is 12.6 Å². The molecule has 0 aliphatic heterocycles. The molecule has 18 heavy (non-hydrogen) atoms. The third-order valence-corrected chi connectivity index (χ3v) is 2.27. The van der Waals surface area contributed by atoms with Crippen LogP contribution in [0.2, 0.25) is 0 Å². The number of carbonyl (C=O) groups excluding carboxylic acids is 1. The molecule has 4 heteroatoms. The molecule has 0 saturated heterocycles. The number of hydrogen-bond acceptors (Lipinski definition) is 3. The van der Waals surface area contributed by atoms with Crippen molar-refractivity contribution in [3.8, 4) is 5.75 Å². The van der Waals surface area contributed by atoms with Gasteiger partial charge >= 0.3 is 0 Å². The molecule has 0 bridgehead atoms. The van der Waals surface area contributed by atoms with E-state index < -0.39 is 0 Å². The van der Waals surface area contributed by atoms with E-state index in [0.29, 0.717) is 12.4 Å². The molecule has 4 nitrogen and oxygen atoms in total. The van der Waals surface area contributed by atoms with Crippen LogP contribution >= 0.6 is 0 Å². The standard InChI is InChI=1S/C14H14N2O2/c1-11(17)16-12-6-4-7-14(9-12)18-10-13-5-2-3-8-15-13/h2-9H,10H2,1H3,(H,16,17). The van der Waals surface area contributed by atoms with Gasteiger partial charge in [0.1, 0.15) is 12.4 Å². The zero-order valence-electron chi connectivity index (χ0n) is 10.1. The molecule has 1 N–H and O–H groups in total. The van der Waals surface area contributed by atoms with Crippen LogP contribution < -0.4 is 10.1 Å². The van der Waals surface area contributed by atoms with Crippen LogP contribution in [0.4, 0.5) is 5.69 Å². The molecule has 0 radical (unpaired) electrons. The summed E-state index contributed by atoms with van der Waals surface area (Å²) in [7, 11) is 0. The normalized spacial score (nSPS) is 9.83. The molecule has 0 atom stereocenters. The number of nitrogens with zero attached hydrogens (tertiary/aromatic N) is 1. The Morgan fingerprint density at radius 1 is 1.28 bits per heavy atom. The summed E-state index contributed by atoms with van der Waals surface area (Å²) in [4.78, 5) is 15.1. The van der Waals surface area contributed by atoms with E-state index in [2.05, 4.69) is 10.3 Å². The number of ether oxygens (including phenoxy) is 1. The smallest absolute Gasteiger partial charge is 0.221 e. The third-order valence-electron chi connectivity index (χ3n) is 2.27. The minimum Gasteiger partial charge on any atom is -0.487 e. The summed E-state index contributed by atoms with van der Waals surface area (Å²) >= 11 is 0. The second-order valence-electron chi connectivity index (χ2n) is 3.82. The number of carbonyl (C=O) groups is 1. The van der Waals surface area contributed by atoms with Crippen molar-refractivity contribution >= 4 is 11.6 Å². The molecule has 2 aromatic rings. The second kappa shape index (κ2) is 5.82. The van der Waals surface area contributed by atoms with Gasteiger partial charge in [-0.1, -0.05) is 12.1 Å². The molecule has 1 aromatic carbocycles. The van der Waals surface area contributed by atoms with Gasteiger partial charge in [-0.05, 0) is 24.3 Å². The van der Waals surface area contributed by atoms with Crippen LogP contribution in [0.5, 0.6) is 5.75 Å². The second-order valence-corrected chi connectivity index (χ2v) is 3.82. The van der Waals surface area contributed by atoms with Crippen molar-refractivity contribution in [2.45, 2.75) is 13.5 Å². The third kappa shape index (κ3) is 3.59. The molecule has 1 amide bonds. The van der Waals surface area contributed by atoms with Crippen molar-refractivity contribution in [3.05, 3.63) is 54.4 Å². The molecule has 2 rings (SSSR count). The molecular weight excluding hydrogens is 228 g/mol. The number of nitrogens with one attached hydrogen (secondary N) is 1. The SMILES string of the molecule is CC(=O)Nc1cccc(OCc2ccccn2)c1. The molecule has 0 aliphatic rings. The summed E-state index contributed by atoms with van der Waals surface area (Å²) < 4.78 is 5.60. The fourth-order valence-electron chi connectivity index (χ4n) is 1.51. The van der Waals surface area contributed by atoms with E-state index in [9.17, 15) is 4.79 Å². The van der Waals surface area contributed by atoms with E-state index in [1.165, 1.54) is 6.92 Å². The van der Waals surface area contributed by atoms with E-state index in [-0.39, 0.29) is 5.91 Å². The van der Waals surface area contributed by atoms with Crippen molar-refractivity contribution in [1.29, 1.82) is 0 Å². The molecule has 1 heterocycles. The Bertz CT molecular complexity index is 526. The summed E-state index contributed by atoms with van der Waals surface area (Å²) in [6.45, 7) is 1.88. The summed E-state index contributed by atoms with van der Waals surface area (Å²) in [6, 6.07) is 12.9. The van der Waals surface area contributed by atoms with Crippen LogP contribution in [0, 0.1) is 0 Å². The highest BCUT2D eigenvalue weighted by Gasteiger charge is 1.99. The number of pyridine rings is 1. The lowest BCUT2D eigenvalue weighted by atomic mass is 10.3. The average molecular weight is 242 g/mol. The van der Waals surface area contributed by atoms with Crippen molar-refractivity contribution < 1.29 is 9.53 Å². The van der Waals surface area contributed by atoms with Gasteiger partial charge in [-0.2, -0.15) is 0 Å². The highest BCUT2D eigenvalue weighted by molar-refractivity contribution is 5.88. The predicted octanol–water partition coefficient (Wildman–Crippen LogP) is 2.62. The Balaban J connectivity index is 1.99. The number of anilines is 1. The van der Waals surface area contributed by atoms with Gasteiger partial charge in [-0.3, -0.25) is 9.78 Å². The highest BCUT2D eigenvalue weighted by Crippen LogP contribution is 2.18. The van der Waals surface area contributed by atoms with E-state index in [0.717, 1.165) is 11.4 Å². The van der Waals surface area contributed by atoms with Crippen LogP contribution in [0.15, 0.2) is 48.7 Å². The molecule has 0 saturated carbocycles. The summed E-state index contributed by atoms with van der Waals surface area (Å²) in [5.41, 5.74) is 1.59. The van der Waals surface area contributed by atoms with E-state index in [4.69, 9.17) is 4.74 Å². The minimum absolute atomic E-state index is 0.100. The first-order chi connectivity index (χ1) is 8.74. The fourth-order valence-corrected chi connectivity index (χ4v) is 1.51. The lowest BCUT2D eigenvalue weighted by molar-refractivity contribution is -0.114. The molecule has 0 spiro atoms. The fraction of sp³-hybridized carbons (Fsp3) is 0.143. The Hall–Kier alpha value is -2.36. The number of hydrogen-bond donors (Lipinski definition) is 1. The van der Waals surface area contributed by atoms with Gasteiger partial charge in [0.25, 0.3) is 0 Å². The number of amides is 1. The van der Waals surface area contributed by atoms with Gasteiger partial charge in [-0.15, -0.1) is 0 Å². The van der Waals surface area contributed by atoms with Gasteiger partial charge in [0.15, 0.2) is 0 Å². The summed E-state index contributed by atoms with van der Waals surface area (Å²) in [5.74, 6) is 0.601. The van der Waals surface area contributed by atoms with E-state index >= 15 is 0 Å². The van der Waals surface area contributed by atoms with Gasteiger partial charge in [0.2, 0.25) is 5.91 Å². The largest absolute Gasteiger partial charge is 0.487 e. The average Bonchev–Trinajstić information content (AvgIpc) is 2.37. The maximum Gasteiger partial charge on any atom is 0.221 e. The minimum atomic E-state index is -0.100. The highest BCUT2D eigenvalue weighted by atomic mass is 16.5. The van der Waals surface area contributed by atoms with Crippen molar-refractivity contribution in [2.75, 3.05) is 5.32 Å². The number of aromatic nitrogens is 1. The van der Waals surface area contributed by atoms with Crippen molar-refractivity contribution in [1.82, 2.24) is 4.98 Å². The van der Waals surface area contributed by atoms with E-state index in [1.54, 1.807) is 12.3 Å². The maximum absolute atomic E-state index is 10.9. The van der Waals surface area contributed by atoms with Crippen molar-refractivity contribution in [3.63, 3.8) is 0 Å². The topological polar surface area (TPSA) is 51.2 Å². The number of rotatable bonds is 4. The van der Waals surface area contributed by atoms with Crippen LogP contribution in [0.3, 0.4) is 0 Å². The zero-order chi connectivity index (χ0) is 12.8. The lowest BCUT2D eigenvalue weighted by Gasteiger charge is -2.07.